The largest absolute Gasteiger partial charge is 0.315 e. The van der Waals surface area contributed by atoms with Crippen LogP contribution in [0.3, 0.4) is 0 Å². The Hall–Kier alpha value is 0.500. The third kappa shape index (κ3) is 1.32. The van der Waals surface area contributed by atoms with Crippen molar-refractivity contribution in [3.8, 4) is 0 Å². The molecule has 2 fully saturated rings. The maximum absolute atomic E-state index is 3.26. The molecular weight excluding hydrogens is 159 g/mol. The van der Waals surface area contributed by atoms with Crippen LogP contribution in [0, 0.1) is 5.41 Å². The molecule has 2 aliphatic rings. The van der Waals surface area contributed by atoms with E-state index in [0.29, 0.717) is 0 Å². The van der Waals surface area contributed by atoms with Crippen molar-refractivity contribution in [3.63, 3.8) is 0 Å². The summed E-state index contributed by atoms with van der Waals surface area (Å²) in [5.41, 5.74) is 0.722. The van der Waals surface area contributed by atoms with Crippen molar-refractivity contribution in [1.82, 2.24) is 10.6 Å². The first-order valence-corrected chi connectivity index (χ1v) is 2.83. The molecule has 2 N–H and O–H groups in total. The van der Waals surface area contributed by atoms with E-state index in [0.717, 1.165) is 5.41 Å². The second-order valence-corrected chi connectivity index (χ2v) is 2.71. The minimum absolute atomic E-state index is 0. The predicted molar refractivity (Wildman–Crippen MR) is 42.7 cm³/mol. The lowest BCUT2D eigenvalue weighted by Crippen LogP contribution is -2.69. The number of hydrogen-bond acceptors (Lipinski definition) is 2. The molecule has 0 unspecified atom stereocenters. The van der Waals surface area contributed by atoms with E-state index in [1.54, 1.807) is 0 Å². The van der Waals surface area contributed by atoms with E-state index in [-0.39, 0.29) is 24.8 Å². The Balaban J connectivity index is 0.000000320. The molecule has 0 amide bonds. The molecule has 0 aromatic rings. The molecule has 0 saturated carbocycles. The highest BCUT2D eigenvalue weighted by Gasteiger charge is 2.41. The zero-order chi connectivity index (χ0) is 4.74. The highest BCUT2D eigenvalue weighted by Crippen LogP contribution is 2.25. The van der Waals surface area contributed by atoms with E-state index in [4.69, 9.17) is 0 Å². The van der Waals surface area contributed by atoms with Crippen molar-refractivity contribution in [2.45, 2.75) is 0 Å². The van der Waals surface area contributed by atoms with Gasteiger partial charge in [0.15, 0.2) is 0 Å². The second-order valence-electron chi connectivity index (χ2n) is 2.71. The summed E-state index contributed by atoms with van der Waals surface area (Å²) in [6, 6.07) is 0. The lowest BCUT2D eigenvalue weighted by atomic mass is 9.76. The Labute approximate surface area is 67.6 Å². The van der Waals surface area contributed by atoms with Crippen molar-refractivity contribution in [1.29, 1.82) is 0 Å². The van der Waals surface area contributed by atoms with Gasteiger partial charge in [0.2, 0.25) is 0 Å². The van der Waals surface area contributed by atoms with Crippen LogP contribution in [-0.4, -0.2) is 26.2 Å². The van der Waals surface area contributed by atoms with Gasteiger partial charge >= 0.3 is 0 Å². The summed E-state index contributed by atoms with van der Waals surface area (Å²) in [4.78, 5) is 0. The zero-order valence-electron chi connectivity index (χ0n) is 5.14. The van der Waals surface area contributed by atoms with Gasteiger partial charge in [0.05, 0.1) is 0 Å². The summed E-state index contributed by atoms with van der Waals surface area (Å²) in [6.07, 6.45) is 0. The van der Waals surface area contributed by atoms with Crippen LogP contribution in [0.1, 0.15) is 0 Å². The highest BCUT2D eigenvalue weighted by molar-refractivity contribution is 5.85. The van der Waals surface area contributed by atoms with Crippen LogP contribution in [0.2, 0.25) is 0 Å². The maximum atomic E-state index is 3.26. The fourth-order valence-electron chi connectivity index (χ4n) is 1.21. The van der Waals surface area contributed by atoms with E-state index in [2.05, 4.69) is 10.6 Å². The van der Waals surface area contributed by atoms with Crippen LogP contribution in [0.25, 0.3) is 0 Å². The molecule has 2 saturated heterocycles. The summed E-state index contributed by atoms with van der Waals surface area (Å²) in [5, 5.41) is 6.53. The molecule has 9 heavy (non-hydrogen) atoms. The van der Waals surface area contributed by atoms with Gasteiger partial charge in [-0.05, 0) is 0 Å². The lowest BCUT2D eigenvalue weighted by molar-refractivity contribution is 0.0895. The summed E-state index contributed by atoms with van der Waals surface area (Å²) >= 11 is 0. The van der Waals surface area contributed by atoms with Crippen LogP contribution in [-0.2, 0) is 0 Å². The van der Waals surface area contributed by atoms with Gasteiger partial charge < -0.3 is 10.6 Å². The molecule has 4 heteroatoms. The molecule has 1 spiro atoms. The van der Waals surface area contributed by atoms with Crippen molar-refractivity contribution < 1.29 is 0 Å². The first-order chi connectivity index (χ1) is 3.41. The van der Waals surface area contributed by atoms with Crippen LogP contribution in [0.5, 0.6) is 0 Å². The number of rotatable bonds is 0. The van der Waals surface area contributed by atoms with E-state index in [9.17, 15) is 0 Å². The van der Waals surface area contributed by atoms with Gasteiger partial charge in [0, 0.05) is 31.6 Å². The van der Waals surface area contributed by atoms with Gasteiger partial charge in [0.25, 0.3) is 0 Å². The van der Waals surface area contributed by atoms with Gasteiger partial charge in [-0.3, -0.25) is 0 Å². The molecule has 56 valence electrons. The monoisotopic (exact) mass is 170 g/mol. The minimum Gasteiger partial charge on any atom is -0.315 e. The molecule has 2 heterocycles. The first-order valence-electron chi connectivity index (χ1n) is 2.83. The van der Waals surface area contributed by atoms with Gasteiger partial charge in [-0.15, -0.1) is 24.8 Å². The topological polar surface area (TPSA) is 24.1 Å². The van der Waals surface area contributed by atoms with Crippen LogP contribution < -0.4 is 10.6 Å². The quantitative estimate of drug-likeness (QED) is 0.537. The van der Waals surface area contributed by atoms with Gasteiger partial charge in [-0.25, -0.2) is 0 Å². The van der Waals surface area contributed by atoms with E-state index in [1.165, 1.54) is 26.2 Å². The maximum Gasteiger partial charge on any atom is 0.0202 e. The summed E-state index contributed by atoms with van der Waals surface area (Å²) < 4.78 is 0. The van der Waals surface area contributed by atoms with Crippen LogP contribution in [0.4, 0.5) is 0 Å². The second kappa shape index (κ2) is 3.06. The Morgan fingerprint density at radius 3 is 1.11 bits per heavy atom. The predicted octanol–water partition coefficient (Wildman–Crippen LogP) is 0.0228. The van der Waals surface area contributed by atoms with Crippen molar-refractivity contribution in [3.05, 3.63) is 0 Å². The van der Waals surface area contributed by atoms with Crippen molar-refractivity contribution in [2.75, 3.05) is 26.2 Å². The third-order valence-corrected chi connectivity index (χ3v) is 2.00. The fraction of sp³-hybridized carbons (Fsp3) is 1.00. The smallest absolute Gasteiger partial charge is 0.0202 e. The third-order valence-electron chi connectivity index (χ3n) is 2.00. The molecule has 2 rings (SSSR count). The molecule has 0 aromatic heterocycles. The molecule has 0 aliphatic carbocycles. The van der Waals surface area contributed by atoms with Crippen LogP contribution >= 0.6 is 24.8 Å². The van der Waals surface area contributed by atoms with Gasteiger partial charge in [-0.1, -0.05) is 0 Å². The van der Waals surface area contributed by atoms with Crippen molar-refractivity contribution in [2.24, 2.45) is 5.41 Å². The fourth-order valence-corrected chi connectivity index (χ4v) is 1.21. The number of nitrogens with one attached hydrogen (secondary N) is 2. The number of halogens is 2. The summed E-state index contributed by atoms with van der Waals surface area (Å²) in [5.74, 6) is 0. The number of hydrogen-bond donors (Lipinski definition) is 2. The van der Waals surface area contributed by atoms with E-state index < -0.39 is 0 Å². The average Bonchev–Trinajstić information content (AvgIpc) is 1.20. The molecule has 2 nitrogen and oxygen atoms in total. The first kappa shape index (κ1) is 9.50. The Morgan fingerprint density at radius 2 is 1.11 bits per heavy atom. The lowest BCUT2D eigenvalue weighted by Gasteiger charge is -2.50. The summed E-state index contributed by atoms with van der Waals surface area (Å²) in [7, 11) is 0. The standard InChI is InChI=1S/C5H10N2.2ClH/c1-5(2-6-1)3-7-4-5;;/h6-7H,1-4H2;2*1H. The molecule has 0 bridgehead atoms. The Bertz CT molecular complexity index is 73.4. The molecule has 0 radical (unpaired) electrons. The van der Waals surface area contributed by atoms with Crippen molar-refractivity contribution >= 4 is 24.8 Å². The van der Waals surface area contributed by atoms with Gasteiger partial charge in [0.1, 0.15) is 0 Å². The van der Waals surface area contributed by atoms with E-state index >= 15 is 0 Å². The Kier molecular flexibility index (Phi) is 3.23. The SMILES string of the molecule is C1NCC12CNC2.Cl.Cl. The Morgan fingerprint density at radius 1 is 0.778 bits per heavy atom. The molecule has 0 aromatic carbocycles. The average molecular weight is 171 g/mol. The summed E-state index contributed by atoms with van der Waals surface area (Å²) in [6.45, 7) is 5.00. The molecule has 0 atom stereocenters. The highest BCUT2D eigenvalue weighted by atomic mass is 35.5. The minimum atomic E-state index is 0. The van der Waals surface area contributed by atoms with Gasteiger partial charge in [-0.2, -0.15) is 0 Å². The molecular formula is C5H12Cl2N2. The van der Waals surface area contributed by atoms with E-state index in [1.807, 2.05) is 0 Å². The normalized spacial score (nSPS) is 26.7. The van der Waals surface area contributed by atoms with Crippen LogP contribution in [0.15, 0.2) is 0 Å². The zero-order valence-corrected chi connectivity index (χ0v) is 6.78. The molecule has 2 aliphatic heterocycles.